The highest BCUT2D eigenvalue weighted by Crippen LogP contribution is 2.74. The Morgan fingerprint density at radius 3 is 2.85 bits per heavy atom. The fourth-order valence-electron chi connectivity index (χ4n) is 7.94. The van der Waals surface area contributed by atoms with Crippen LogP contribution in [0.2, 0.25) is 0 Å². The van der Waals surface area contributed by atoms with E-state index in [2.05, 4.69) is 49.3 Å². The number of rotatable bonds is 1. The van der Waals surface area contributed by atoms with E-state index in [-0.39, 0.29) is 5.41 Å². The van der Waals surface area contributed by atoms with Crippen molar-refractivity contribution in [2.24, 2.45) is 40.4 Å². The molecule has 7 unspecified atom stereocenters. The summed E-state index contributed by atoms with van der Waals surface area (Å²) >= 11 is 0. The number of aromatic nitrogens is 1. The van der Waals surface area contributed by atoms with Crippen LogP contribution in [-0.4, -0.2) is 10.8 Å². The second-order valence-electron chi connectivity index (χ2n) is 10.3. The molecular weight excluding hydrogens is 330 g/mol. The summed E-state index contributed by atoms with van der Waals surface area (Å²) in [5.41, 5.74) is 5.03. The lowest BCUT2D eigenvalue weighted by Crippen LogP contribution is -2.51. The molecule has 140 valence electrons. The van der Waals surface area contributed by atoms with E-state index in [0.717, 1.165) is 36.5 Å². The number of allylic oxidation sites excluding steroid dienone is 4. The highest BCUT2D eigenvalue weighted by Gasteiger charge is 2.66. The third kappa shape index (κ3) is 2.02. The van der Waals surface area contributed by atoms with Gasteiger partial charge in [-0.15, -0.1) is 0 Å². The first-order chi connectivity index (χ1) is 13.0. The quantitative estimate of drug-likeness (QED) is 0.666. The number of nitrogens with zero attached hydrogens (tertiary/aromatic N) is 1. The summed E-state index contributed by atoms with van der Waals surface area (Å²) in [7, 11) is 0. The molecule has 2 nitrogen and oxygen atoms in total. The summed E-state index contributed by atoms with van der Waals surface area (Å²) in [6, 6.07) is 4.32. The van der Waals surface area contributed by atoms with Crippen molar-refractivity contribution in [3.05, 3.63) is 47.8 Å². The Balaban J connectivity index is 1.39. The van der Waals surface area contributed by atoms with Gasteiger partial charge in [-0.3, -0.25) is 9.78 Å². The molecule has 7 atom stereocenters. The lowest BCUT2D eigenvalue weighted by atomic mass is 9.46. The molecule has 0 bridgehead atoms. The number of carbonyl (C=O) groups is 1. The van der Waals surface area contributed by atoms with Gasteiger partial charge in [-0.2, -0.15) is 0 Å². The average molecular weight is 360 g/mol. The molecule has 1 aromatic heterocycles. The number of hydrogen-bond acceptors (Lipinski definition) is 2. The first-order valence-electron chi connectivity index (χ1n) is 10.9. The number of carbonyl (C=O) groups excluding carboxylic acids is 1. The maximum atomic E-state index is 12.1. The maximum Gasteiger partial charge on any atom is 0.155 e. The summed E-state index contributed by atoms with van der Waals surface area (Å²) in [6.45, 7) is 5.04. The Kier molecular flexibility index (Phi) is 3.14. The van der Waals surface area contributed by atoms with E-state index in [9.17, 15) is 4.79 Å². The fraction of sp³-hybridized carbons (Fsp3) is 0.600. The minimum absolute atomic E-state index is 0.286. The predicted octanol–water partition coefficient (Wildman–Crippen LogP) is 5.46. The van der Waals surface area contributed by atoms with Crippen LogP contribution in [0.5, 0.6) is 0 Å². The second-order valence-corrected chi connectivity index (χ2v) is 10.3. The molecule has 3 fully saturated rings. The molecule has 3 saturated carbocycles. The van der Waals surface area contributed by atoms with Crippen LogP contribution >= 0.6 is 0 Å². The van der Waals surface area contributed by atoms with E-state index in [1.165, 1.54) is 31.2 Å². The van der Waals surface area contributed by atoms with E-state index in [4.69, 9.17) is 0 Å². The van der Waals surface area contributed by atoms with Crippen LogP contribution in [-0.2, 0) is 4.79 Å². The normalized spacial score (nSPS) is 47.2. The highest BCUT2D eigenvalue weighted by molar-refractivity contribution is 5.92. The predicted molar refractivity (Wildman–Crippen MR) is 107 cm³/mol. The Morgan fingerprint density at radius 1 is 1.15 bits per heavy atom. The Morgan fingerprint density at radius 2 is 2.04 bits per heavy atom. The zero-order chi connectivity index (χ0) is 18.4. The van der Waals surface area contributed by atoms with Crippen LogP contribution in [0.1, 0.15) is 57.9 Å². The van der Waals surface area contributed by atoms with Crippen molar-refractivity contribution < 1.29 is 4.79 Å². The smallest absolute Gasteiger partial charge is 0.155 e. The van der Waals surface area contributed by atoms with Gasteiger partial charge in [0.1, 0.15) is 0 Å². The van der Waals surface area contributed by atoms with Gasteiger partial charge >= 0.3 is 0 Å². The second kappa shape index (κ2) is 5.21. The van der Waals surface area contributed by atoms with Gasteiger partial charge in [0.15, 0.2) is 5.78 Å². The van der Waals surface area contributed by atoms with Crippen LogP contribution in [0.25, 0.3) is 5.57 Å². The SMILES string of the molecule is CC12CCC3C(C4CC4C4=CC(=O)CCC43C)C1CC=C2c1cccnc1. The van der Waals surface area contributed by atoms with Gasteiger partial charge < -0.3 is 0 Å². The summed E-state index contributed by atoms with van der Waals surface area (Å²) < 4.78 is 0. The molecule has 27 heavy (non-hydrogen) atoms. The van der Waals surface area contributed by atoms with E-state index in [0.29, 0.717) is 17.1 Å². The van der Waals surface area contributed by atoms with E-state index >= 15 is 0 Å². The lowest BCUT2D eigenvalue weighted by Gasteiger charge is -2.57. The summed E-state index contributed by atoms with van der Waals surface area (Å²) in [4.78, 5) is 16.5. The molecule has 0 aromatic carbocycles. The summed E-state index contributed by atoms with van der Waals surface area (Å²) in [5, 5.41) is 0. The lowest BCUT2D eigenvalue weighted by molar-refractivity contribution is -0.117. The first kappa shape index (κ1) is 16.3. The Hall–Kier alpha value is -1.70. The topological polar surface area (TPSA) is 30.0 Å². The molecule has 0 amide bonds. The van der Waals surface area contributed by atoms with Crippen LogP contribution in [0, 0.1) is 40.4 Å². The van der Waals surface area contributed by atoms with E-state index < -0.39 is 0 Å². The van der Waals surface area contributed by atoms with E-state index in [1.54, 1.807) is 11.1 Å². The summed E-state index contributed by atoms with van der Waals surface area (Å²) in [5.74, 6) is 4.33. The van der Waals surface area contributed by atoms with Gasteiger partial charge in [-0.25, -0.2) is 0 Å². The molecule has 1 heterocycles. The van der Waals surface area contributed by atoms with Gasteiger partial charge in [0.2, 0.25) is 0 Å². The van der Waals surface area contributed by atoms with Crippen molar-refractivity contribution in [1.29, 1.82) is 0 Å². The van der Waals surface area contributed by atoms with Crippen LogP contribution in [0.15, 0.2) is 42.3 Å². The van der Waals surface area contributed by atoms with Gasteiger partial charge in [0, 0.05) is 18.8 Å². The van der Waals surface area contributed by atoms with Crippen molar-refractivity contribution in [2.75, 3.05) is 0 Å². The van der Waals surface area contributed by atoms with E-state index in [1.807, 2.05) is 6.20 Å². The van der Waals surface area contributed by atoms with Crippen molar-refractivity contribution in [3.8, 4) is 0 Å². The molecular formula is C25H29NO. The molecule has 5 aliphatic rings. The molecule has 0 saturated heterocycles. The van der Waals surface area contributed by atoms with Gasteiger partial charge in [0.05, 0.1) is 0 Å². The monoisotopic (exact) mass is 359 g/mol. The number of hydrogen-bond donors (Lipinski definition) is 0. The average Bonchev–Trinajstić information content (AvgIpc) is 3.38. The zero-order valence-electron chi connectivity index (χ0n) is 16.4. The largest absolute Gasteiger partial charge is 0.295 e. The molecule has 0 radical (unpaired) electrons. The van der Waals surface area contributed by atoms with Gasteiger partial charge in [-0.1, -0.05) is 31.6 Å². The van der Waals surface area contributed by atoms with Crippen LogP contribution in [0.4, 0.5) is 0 Å². The Labute approximate surface area is 162 Å². The molecule has 0 N–H and O–H groups in total. The van der Waals surface area contributed by atoms with Crippen LogP contribution < -0.4 is 0 Å². The van der Waals surface area contributed by atoms with Crippen molar-refractivity contribution in [1.82, 2.24) is 4.98 Å². The standard InChI is InChI=1S/C25H29NO/c1-24-10-8-21-23(20(24)6-5-19(24)15-4-3-11-26-14-15)18-13-17(18)22-12-16(27)7-9-25(21,22)2/h3-5,11-12,14,17-18,20-21,23H,6-10,13H2,1-2H3. The van der Waals surface area contributed by atoms with Gasteiger partial charge in [-0.05, 0) is 95.8 Å². The minimum atomic E-state index is 0.286. The van der Waals surface area contributed by atoms with Crippen molar-refractivity contribution in [2.45, 2.75) is 52.4 Å². The molecule has 0 aliphatic heterocycles. The minimum Gasteiger partial charge on any atom is -0.295 e. The van der Waals surface area contributed by atoms with Crippen molar-refractivity contribution in [3.63, 3.8) is 0 Å². The zero-order valence-corrected chi connectivity index (χ0v) is 16.4. The molecule has 2 heteroatoms. The molecule has 0 spiro atoms. The summed E-state index contributed by atoms with van der Waals surface area (Å²) in [6.07, 6.45) is 15.6. The number of ketones is 1. The molecule has 1 aromatic rings. The molecule has 5 aliphatic carbocycles. The number of pyridine rings is 1. The highest BCUT2D eigenvalue weighted by atomic mass is 16.1. The third-order valence-electron chi connectivity index (χ3n) is 9.30. The fourth-order valence-corrected chi connectivity index (χ4v) is 7.94. The number of fused-ring (bicyclic) bond motifs is 8. The Bertz CT molecular complexity index is 883. The van der Waals surface area contributed by atoms with Gasteiger partial charge in [0.25, 0.3) is 0 Å². The van der Waals surface area contributed by atoms with Crippen LogP contribution in [0.3, 0.4) is 0 Å². The molecule has 6 rings (SSSR count). The maximum absolute atomic E-state index is 12.1. The third-order valence-corrected chi connectivity index (χ3v) is 9.30. The first-order valence-corrected chi connectivity index (χ1v) is 10.9. The van der Waals surface area contributed by atoms with Crippen molar-refractivity contribution >= 4 is 11.4 Å².